The highest BCUT2D eigenvalue weighted by Crippen LogP contribution is 2.18. The molecule has 21 heavy (non-hydrogen) atoms. The zero-order chi connectivity index (χ0) is 15.2. The standard InChI is InChI=1S/C14H14N2O5/c17-12(16-7-13(18)19)8-21-14(20)5-9-6-15-11-4-2-1-3-10(9)11/h1-4,6,15H,5,7-8H2,(H,16,17)(H,18,19). The van der Waals surface area contributed by atoms with E-state index in [1.165, 1.54) is 0 Å². The Kier molecular flexibility index (Phi) is 4.55. The third kappa shape index (κ3) is 4.07. The highest BCUT2D eigenvalue weighted by atomic mass is 16.5. The fraction of sp³-hybridized carbons (Fsp3) is 0.214. The molecule has 0 aliphatic heterocycles. The average Bonchev–Trinajstić information content (AvgIpc) is 2.86. The van der Waals surface area contributed by atoms with Crippen molar-refractivity contribution in [1.82, 2.24) is 10.3 Å². The number of carboxylic acid groups (broad SMARTS) is 1. The predicted molar refractivity (Wildman–Crippen MR) is 73.6 cm³/mol. The monoisotopic (exact) mass is 290 g/mol. The van der Waals surface area contributed by atoms with Gasteiger partial charge in [0.2, 0.25) is 0 Å². The van der Waals surface area contributed by atoms with Gasteiger partial charge < -0.3 is 20.1 Å². The summed E-state index contributed by atoms with van der Waals surface area (Å²) in [4.78, 5) is 36.2. The first kappa shape index (κ1) is 14.6. The predicted octanol–water partition coefficient (Wildman–Crippen LogP) is 0.454. The number of nitrogens with one attached hydrogen (secondary N) is 2. The number of carbonyl (C=O) groups is 3. The molecule has 0 fully saturated rings. The molecule has 0 radical (unpaired) electrons. The third-order valence-corrected chi connectivity index (χ3v) is 2.81. The number of hydrogen-bond acceptors (Lipinski definition) is 4. The summed E-state index contributed by atoms with van der Waals surface area (Å²) in [7, 11) is 0. The van der Waals surface area contributed by atoms with Crippen LogP contribution in [-0.4, -0.2) is 41.1 Å². The molecule has 110 valence electrons. The van der Waals surface area contributed by atoms with Crippen LogP contribution in [0, 0.1) is 0 Å². The van der Waals surface area contributed by atoms with Gasteiger partial charge in [0.25, 0.3) is 5.91 Å². The van der Waals surface area contributed by atoms with Crippen LogP contribution in [0.5, 0.6) is 0 Å². The van der Waals surface area contributed by atoms with Crippen LogP contribution >= 0.6 is 0 Å². The van der Waals surface area contributed by atoms with E-state index in [0.29, 0.717) is 0 Å². The first-order chi connectivity index (χ1) is 10.1. The molecule has 0 saturated carbocycles. The van der Waals surface area contributed by atoms with Gasteiger partial charge in [-0.1, -0.05) is 18.2 Å². The second-order valence-electron chi connectivity index (χ2n) is 4.37. The number of amides is 1. The van der Waals surface area contributed by atoms with Crippen LogP contribution in [-0.2, 0) is 25.5 Å². The maximum Gasteiger partial charge on any atom is 0.322 e. The van der Waals surface area contributed by atoms with Gasteiger partial charge in [-0.2, -0.15) is 0 Å². The summed E-state index contributed by atoms with van der Waals surface area (Å²) in [5.41, 5.74) is 1.70. The molecule has 7 nitrogen and oxygen atoms in total. The van der Waals surface area contributed by atoms with Crippen molar-refractivity contribution in [3.05, 3.63) is 36.0 Å². The zero-order valence-corrected chi connectivity index (χ0v) is 11.1. The maximum atomic E-state index is 11.7. The van der Waals surface area contributed by atoms with E-state index in [0.717, 1.165) is 16.5 Å². The maximum absolute atomic E-state index is 11.7. The summed E-state index contributed by atoms with van der Waals surface area (Å²) in [6.45, 7) is -0.993. The summed E-state index contributed by atoms with van der Waals surface area (Å²) in [5.74, 6) is -2.36. The quantitative estimate of drug-likeness (QED) is 0.669. The lowest BCUT2D eigenvalue weighted by molar-refractivity contribution is -0.148. The number of aromatic amines is 1. The van der Waals surface area contributed by atoms with Crippen LogP contribution in [0.3, 0.4) is 0 Å². The number of carboxylic acids is 1. The number of aliphatic carboxylic acids is 1. The van der Waals surface area contributed by atoms with Crippen molar-refractivity contribution in [3.63, 3.8) is 0 Å². The highest BCUT2D eigenvalue weighted by Gasteiger charge is 2.12. The zero-order valence-electron chi connectivity index (χ0n) is 11.1. The molecule has 0 spiro atoms. The van der Waals surface area contributed by atoms with E-state index in [-0.39, 0.29) is 6.42 Å². The van der Waals surface area contributed by atoms with Crippen molar-refractivity contribution in [1.29, 1.82) is 0 Å². The lowest BCUT2D eigenvalue weighted by Gasteiger charge is -2.04. The Labute approximate surface area is 119 Å². The van der Waals surface area contributed by atoms with Crippen molar-refractivity contribution >= 4 is 28.7 Å². The molecule has 1 heterocycles. The van der Waals surface area contributed by atoms with Crippen LogP contribution in [0.4, 0.5) is 0 Å². The van der Waals surface area contributed by atoms with E-state index in [1.54, 1.807) is 6.20 Å². The van der Waals surface area contributed by atoms with E-state index < -0.39 is 31.0 Å². The van der Waals surface area contributed by atoms with E-state index >= 15 is 0 Å². The van der Waals surface area contributed by atoms with Crippen molar-refractivity contribution in [3.8, 4) is 0 Å². The number of H-pyrrole nitrogens is 1. The van der Waals surface area contributed by atoms with Crippen LogP contribution < -0.4 is 5.32 Å². The molecular formula is C14H14N2O5. The van der Waals surface area contributed by atoms with Crippen LogP contribution in [0.25, 0.3) is 10.9 Å². The summed E-state index contributed by atoms with van der Waals surface area (Å²) in [5, 5.41) is 11.4. The van der Waals surface area contributed by atoms with Gasteiger partial charge in [-0.15, -0.1) is 0 Å². The number of benzene rings is 1. The number of hydrogen-bond donors (Lipinski definition) is 3. The molecule has 1 amide bonds. The molecule has 0 aliphatic carbocycles. The molecule has 2 aromatic rings. The molecule has 3 N–H and O–H groups in total. The summed E-state index contributed by atoms with van der Waals surface area (Å²) < 4.78 is 4.80. The minimum Gasteiger partial charge on any atom is -0.480 e. The van der Waals surface area contributed by atoms with Crippen molar-refractivity contribution in [2.24, 2.45) is 0 Å². The SMILES string of the molecule is O=C(O)CNC(=O)COC(=O)Cc1c[nH]c2ccccc12. The summed E-state index contributed by atoms with van der Waals surface area (Å²) >= 11 is 0. The number of rotatable bonds is 6. The van der Waals surface area contributed by atoms with Crippen LogP contribution in [0.2, 0.25) is 0 Å². The van der Waals surface area contributed by atoms with Gasteiger partial charge in [-0.05, 0) is 11.6 Å². The van der Waals surface area contributed by atoms with E-state index in [9.17, 15) is 14.4 Å². The van der Waals surface area contributed by atoms with E-state index in [4.69, 9.17) is 9.84 Å². The van der Waals surface area contributed by atoms with Gasteiger partial charge in [0.05, 0.1) is 6.42 Å². The molecule has 2 rings (SSSR count). The highest BCUT2D eigenvalue weighted by molar-refractivity contribution is 5.88. The molecule has 0 unspecified atom stereocenters. The Balaban J connectivity index is 1.85. The van der Waals surface area contributed by atoms with Gasteiger partial charge in [0.1, 0.15) is 6.54 Å². The smallest absolute Gasteiger partial charge is 0.322 e. The molecule has 0 aliphatic rings. The summed E-state index contributed by atoms with van der Waals surface area (Å²) in [6, 6.07) is 7.52. The molecule has 1 aromatic heterocycles. The Morgan fingerprint density at radius 1 is 1.24 bits per heavy atom. The third-order valence-electron chi connectivity index (χ3n) is 2.81. The minimum atomic E-state index is -1.16. The second-order valence-corrected chi connectivity index (χ2v) is 4.37. The number of esters is 1. The molecule has 0 bridgehead atoms. The topological polar surface area (TPSA) is 108 Å². The largest absolute Gasteiger partial charge is 0.480 e. The molecule has 1 aromatic carbocycles. The van der Waals surface area contributed by atoms with Crippen molar-refractivity contribution in [2.45, 2.75) is 6.42 Å². The minimum absolute atomic E-state index is 0.0379. The first-order valence-electron chi connectivity index (χ1n) is 6.25. The Morgan fingerprint density at radius 2 is 2.00 bits per heavy atom. The van der Waals surface area contributed by atoms with E-state index in [1.807, 2.05) is 24.3 Å². The van der Waals surface area contributed by atoms with Crippen LogP contribution in [0.1, 0.15) is 5.56 Å². The van der Waals surface area contributed by atoms with Crippen molar-refractivity contribution < 1.29 is 24.2 Å². The molecule has 7 heteroatoms. The molecule has 0 saturated heterocycles. The molecule has 0 atom stereocenters. The Morgan fingerprint density at radius 3 is 2.76 bits per heavy atom. The molecular weight excluding hydrogens is 276 g/mol. The fourth-order valence-corrected chi connectivity index (χ4v) is 1.86. The Bertz CT molecular complexity index is 677. The number of fused-ring (bicyclic) bond motifs is 1. The van der Waals surface area contributed by atoms with Gasteiger partial charge in [0, 0.05) is 17.1 Å². The van der Waals surface area contributed by atoms with Gasteiger partial charge in [-0.3, -0.25) is 14.4 Å². The van der Waals surface area contributed by atoms with Gasteiger partial charge in [-0.25, -0.2) is 0 Å². The fourth-order valence-electron chi connectivity index (χ4n) is 1.86. The normalized spacial score (nSPS) is 10.3. The Hall–Kier alpha value is -2.83. The lowest BCUT2D eigenvalue weighted by atomic mass is 10.1. The van der Waals surface area contributed by atoms with Gasteiger partial charge in [0.15, 0.2) is 6.61 Å². The van der Waals surface area contributed by atoms with Crippen molar-refractivity contribution in [2.75, 3.05) is 13.2 Å². The number of ether oxygens (including phenoxy) is 1. The van der Waals surface area contributed by atoms with E-state index in [2.05, 4.69) is 10.3 Å². The number of carbonyl (C=O) groups excluding carboxylic acids is 2. The van der Waals surface area contributed by atoms with Crippen LogP contribution in [0.15, 0.2) is 30.5 Å². The summed E-state index contributed by atoms with van der Waals surface area (Å²) in [6.07, 6.45) is 1.76. The average molecular weight is 290 g/mol. The first-order valence-corrected chi connectivity index (χ1v) is 6.25. The number of aromatic nitrogens is 1. The number of para-hydroxylation sites is 1. The van der Waals surface area contributed by atoms with Gasteiger partial charge >= 0.3 is 11.9 Å². The lowest BCUT2D eigenvalue weighted by Crippen LogP contribution is -2.33. The second kappa shape index (κ2) is 6.56.